The maximum atomic E-state index is 8.69. The second-order valence-corrected chi connectivity index (χ2v) is 2.90. The first kappa shape index (κ1) is 7.76. The summed E-state index contributed by atoms with van der Waals surface area (Å²) in [5.41, 5.74) is 1.95. The molecule has 1 aromatic rings. The zero-order valence-corrected chi connectivity index (χ0v) is 7.22. The molecule has 10 heavy (non-hydrogen) atoms. The summed E-state index contributed by atoms with van der Waals surface area (Å²) in [7, 11) is 0. The fraction of sp³-hybridized carbons (Fsp3) is 0.125. The molecule has 0 bridgehead atoms. The summed E-state index contributed by atoms with van der Waals surface area (Å²) in [4.78, 5) is 0. The largest absolute Gasteiger partial charge is 0.385 e. The first-order valence-corrected chi connectivity index (χ1v) is 3.77. The molecule has 0 unspecified atom stereocenters. The van der Waals surface area contributed by atoms with Gasteiger partial charge in [0, 0.05) is 4.47 Å². The van der Waals surface area contributed by atoms with E-state index in [2.05, 4.69) is 15.9 Å². The van der Waals surface area contributed by atoms with Crippen LogP contribution in [-0.2, 0) is 0 Å². The summed E-state index contributed by atoms with van der Waals surface area (Å²) in [5.74, 6) is 0. The first-order valence-electron chi connectivity index (χ1n) is 2.98. The van der Waals surface area contributed by atoms with Gasteiger partial charge in [0.2, 0.25) is 0 Å². The van der Waals surface area contributed by atoms with Crippen molar-refractivity contribution < 1.29 is 5.11 Å². The van der Waals surface area contributed by atoms with Crippen LogP contribution in [0.25, 0.3) is 0 Å². The van der Waals surface area contributed by atoms with E-state index >= 15 is 0 Å². The number of rotatable bonds is 1. The molecule has 0 saturated heterocycles. The van der Waals surface area contributed by atoms with E-state index in [9.17, 15) is 0 Å². The first-order chi connectivity index (χ1) is 4.75. The van der Waals surface area contributed by atoms with E-state index in [1.165, 1.54) is 0 Å². The summed E-state index contributed by atoms with van der Waals surface area (Å²) >= 11 is 3.35. The molecule has 1 aromatic carbocycles. The smallest absolute Gasteiger partial charge is 0.110 e. The molecule has 1 N–H and O–H groups in total. The highest BCUT2D eigenvalue weighted by molar-refractivity contribution is 9.10. The van der Waals surface area contributed by atoms with Crippen molar-refractivity contribution in [2.24, 2.45) is 0 Å². The lowest BCUT2D eigenvalue weighted by Gasteiger charge is -2.01. The Bertz CT molecular complexity index is 233. The number of hydrogen-bond donors (Lipinski definition) is 1. The third-order valence-electron chi connectivity index (χ3n) is 1.36. The molecule has 0 aliphatic rings. The molecule has 53 valence electrons. The minimum absolute atomic E-state index is 0.819. The molecule has 1 nitrogen and oxygen atoms in total. The van der Waals surface area contributed by atoms with E-state index in [0.717, 1.165) is 22.2 Å². The van der Waals surface area contributed by atoms with Crippen molar-refractivity contribution in [3.63, 3.8) is 0 Å². The number of aliphatic hydroxyl groups is 1. The Balaban J connectivity index is 3.14. The van der Waals surface area contributed by atoms with Crippen molar-refractivity contribution >= 4 is 15.9 Å². The van der Waals surface area contributed by atoms with Crippen LogP contribution in [-0.4, -0.2) is 5.11 Å². The molecule has 0 atom stereocenters. The van der Waals surface area contributed by atoms with Crippen molar-refractivity contribution in [1.82, 2.24) is 0 Å². The third-order valence-corrected chi connectivity index (χ3v) is 2.44. The van der Waals surface area contributed by atoms with Crippen LogP contribution in [0.2, 0.25) is 0 Å². The molecule has 1 rings (SSSR count). The van der Waals surface area contributed by atoms with E-state index in [-0.39, 0.29) is 0 Å². The second-order valence-electron chi connectivity index (χ2n) is 2.11. The van der Waals surface area contributed by atoms with Gasteiger partial charge in [0.1, 0.15) is 6.61 Å². The van der Waals surface area contributed by atoms with Crippen LogP contribution in [0.1, 0.15) is 11.1 Å². The SMILES string of the molecule is Cc1cccc([CH]O)c1Br. The third kappa shape index (κ3) is 1.39. The van der Waals surface area contributed by atoms with Crippen LogP contribution < -0.4 is 0 Å². The highest BCUT2D eigenvalue weighted by atomic mass is 79.9. The van der Waals surface area contributed by atoms with Crippen LogP contribution in [0.4, 0.5) is 0 Å². The van der Waals surface area contributed by atoms with Crippen LogP contribution in [0, 0.1) is 13.5 Å². The summed E-state index contributed by atoms with van der Waals surface area (Å²) in [6, 6.07) is 5.73. The van der Waals surface area contributed by atoms with Crippen LogP contribution >= 0.6 is 15.9 Å². The van der Waals surface area contributed by atoms with Crippen LogP contribution in [0.3, 0.4) is 0 Å². The monoisotopic (exact) mass is 199 g/mol. The summed E-state index contributed by atoms with van der Waals surface area (Å²) in [6.07, 6.45) is 0. The lowest BCUT2D eigenvalue weighted by atomic mass is 10.1. The molecule has 2 heteroatoms. The Labute approximate surface area is 68.8 Å². The average molecular weight is 200 g/mol. The van der Waals surface area contributed by atoms with Crippen LogP contribution in [0.15, 0.2) is 22.7 Å². The molecule has 0 aliphatic heterocycles. The molecule has 0 aliphatic carbocycles. The lowest BCUT2D eigenvalue weighted by Crippen LogP contribution is -1.84. The predicted octanol–water partition coefficient (Wildman–Crippen LogP) is 2.64. The van der Waals surface area contributed by atoms with Gasteiger partial charge in [-0.25, -0.2) is 0 Å². The topological polar surface area (TPSA) is 20.2 Å². The van der Waals surface area contributed by atoms with Crippen molar-refractivity contribution in [3.05, 3.63) is 40.4 Å². The number of aryl methyl sites for hydroxylation is 1. The molecule has 0 aromatic heterocycles. The van der Waals surface area contributed by atoms with E-state index in [1.807, 2.05) is 25.1 Å². The van der Waals surface area contributed by atoms with E-state index in [0.29, 0.717) is 0 Å². The van der Waals surface area contributed by atoms with E-state index < -0.39 is 0 Å². The lowest BCUT2D eigenvalue weighted by molar-refractivity contribution is 0.414. The summed E-state index contributed by atoms with van der Waals surface area (Å²) in [5, 5.41) is 8.69. The normalized spacial score (nSPS) is 9.90. The standard InChI is InChI=1S/C8H8BrO/c1-6-3-2-4-7(5-10)8(6)9/h2-5,10H,1H3. The number of benzene rings is 1. The Hall–Kier alpha value is -0.340. The second kappa shape index (κ2) is 3.17. The molecular weight excluding hydrogens is 192 g/mol. The quantitative estimate of drug-likeness (QED) is 0.738. The minimum Gasteiger partial charge on any atom is -0.385 e. The fourth-order valence-corrected chi connectivity index (χ4v) is 1.14. The van der Waals surface area contributed by atoms with Crippen molar-refractivity contribution in [1.29, 1.82) is 0 Å². The van der Waals surface area contributed by atoms with Crippen LogP contribution in [0.5, 0.6) is 0 Å². The van der Waals surface area contributed by atoms with Gasteiger partial charge in [-0.1, -0.05) is 34.1 Å². The van der Waals surface area contributed by atoms with Gasteiger partial charge in [0.25, 0.3) is 0 Å². The molecule has 0 saturated carbocycles. The molecule has 0 heterocycles. The molecule has 0 fully saturated rings. The maximum Gasteiger partial charge on any atom is 0.110 e. The Morgan fingerprint density at radius 2 is 2.20 bits per heavy atom. The van der Waals surface area contributed by atoms with Crippen molar-refractivity contribution in [3.8, 4) is 0 Å². The van der Waals surface area contributed by atoms with Gasteiger partial charge in [-0.3, -0.25) is 0 Å². The number of aliphatic hydroxyl groups excluding tert-OH is 1. The van der Waals surface area contributed by atoms with Crippen molar-refractivity contribution in [2.75, 3.05) is 0 Å². The number of halogens is 1. The van der Waals surface area contributed by atoms with Gasteiger partial charge < -0.3 is 5.11 Å². The van der Waals surface area contributed by atoms with Gasteiger partial charge >= 0.3 is 0 Å². The summed E-state index contributed by atoms with van der Waals surface area (Å²) in [6.45, 7) is 3.08. The van der Waals surface area contributed by atoms with Gasteiger partial charge in [-0.05, 0) is 18.1 Å². The molecule has 1 radical (unpaired) electrons. The van der Waals surface area contributed by atoms with Gasteiger partial charge in [-0.2, -0.15) is 0 Å². The van der Waals surface area contributed by atoms with E-state index in [1.54, 1.807) is 0 Å². The zero-order chi connectivity index (χ0) is 7.56. The Morgan fingerprint density at radius 1 is 1.50 bits per heavy atom. The molecular formula is C8H8BrO. The Morgan fingerprint density at radius 3 is 2.70 bits per heavy atom. The van der Waals surface area contributed by atoms with Crippen molar-refractivity contribution in [2.45, 2.75) is 6.92 Å². The highest BCUT2D eigenvalue weighted by Gasteiger charge is 1.99. The molecule has 0 amide bonds. The van der Waals surface area contributed by atoms with Gasteiger partial charge in [-0.15, -0.1) is 0 Å². The maximum absolute atomic E-state index is 8.69. The summed E-state index contributed by atoms with van der Waals surface area (Å²) < 4.78 is 0.956. The minimum atomic E-state index is 0.819. The number of hydrogen-bond acceptors (Lipinski definition) is 1. The zero-order valence-electron chi connectivity index (χ0n) is 5.63. The molecule has 0 spiro atoms. The van der Waals surface area contributed by atoms with Gasteiger partial charge in [0.05, 0.1) is 0 Å². The van der Waals surface area contributed by atoms with E-state index in [4.69, 9.17) is 5.11 Å². The average Bonchev–Trinajstić information content (AvgIpc) is 1.95. The Kier molecular flexibility index (Phi) is 2.46. The van der Waals surface area contributed by atoms with Gasteiger partial charge in [0.15, 0.2) is 0 Å². The fourth-order valence-electron chi connectivity index (χ4n) is 0.770. The predicted molar refractivity (Wildman–Crippen MR) is 44.2 cm³/mol. The highest BCUT2D eigenvalue weighted by Crippen LogP contribution is 2.21.